The molecule has 0 aromatic heterocycles. The highest BCUT2D eigenvalue weighted by Crippen LogP contribution is 2.38. The molecule has 0 spiro atoms. The summed E-state index contributed by atoms with van der Waals surface area (Å²) in [6, 6.07) is 5.78. The van der Waals surface area contributed by atoms with E-state index in [9.17, 15) is 9.59 Å². The Morgan fingerprint density at radius 1 is 1.20 bits per heavy atom. The standard InChI is InChI=1S/C19H26N2O4/c1-21(15-8-13-10-18(22)20-11-14(13)9-15)19(23)7-12-4-5-16(24-2)17(6-12)25-3/h4-6,13-15H,7-11H2,1-3H3,(H,20,22)/t13-,14+,15-/m1/s1. The number of amides is 2. The van der Waals surface area contributed by atoms with E-state index in [1.165, 1.54) is 0 Å². The number of methoxy groups -OCH3 is 2. The first-order valence-electron chi connectivity index (χ1n) is 8.75. The van der Waals surface area contributed by atoms with Crippen molar-refractivity contribution >= 4 is 11.8 Å². The molecule has 136 valence electrons. The summed E-state index contributed by atoms with van der Waals surface area (Å²) in [6.45, 7) is 0.748. The van der Waals surface area contributed by atoms with Crippen LogP contribution in [0.1, 0.15) is 24.8 Å². The van der Waals surface area contributed by atoms with E-state index in [0.29, 0.717) is 36.2 Å². The molecule has 0 unspecified atom stereocenters. The topological polar surface area (TPSA) is 67.9 Å². The maximum absolute atomic E-state index is 12.7. The quantitative estimate of drug-likeness (QED) is 0.880. The summed E-state index contributed by atoms with van der Waals surface area (Å²) >= 11 is 0. The molecule has 1 aromatic carbocycles. The van der Waals surface area contributed by atoms with Crippen molar-refractivity contribution in [2.24, 2.45) is 11.8 Å². The van der Waals surface area contributed by atoms with Gasteiger partial charge >= 0.3 is 0 Å². The van der Waals surface area contributed by atoms with Gasteiger partial charge in [0.25, 0.3) is 0 Å². The SMILES string of the molecule is COc1ccc(CC(=O)N(C)[C@H]2C[C@H]3CNC(=O)C[C@H]3C2)cc1OC. The van der Waals surface area contributed by atoms with Gasteiger partial charge < -0.3 is 19.7 Å². The fourth-order valence-corrected chi connectivity index (χ4v) is 4.05. The highest BCUT2D eigenvalue weighted by molar-refractivity contribution is 5.79. The van der Waals surface area contributed by atoms with Crippen LogP contribution in [0, 0.1) is 11.8 Å². The Hall–Kier alpha value is -2.24. The number of hydrogen-bond donors (Lipinski definition) is 1. The normalized spacial score (nSPS) is 25.1. The third-order valence-electron chi connectivity index (χ3n) is 5.57. The minimum atomic E-state index is 0.0927. The molecule has 1 aliphatic carbocycles. The lowest BCUT2D eigenvalue weighted by Gasteiger charge is -2.25. The molecular formula is C19H26N2O4. The van der Waals surface area contributed by atoms with Gasteiger partial charge in [0.05, 0.1) is 20.6 Å². The molecule has 2 aliphatic rings. The molecule has 1 aromatic rings. The Morgan fingerprint density at radius 3 is 2.64 bits per heavy atom. The molecule has 1 saturated heterocycles. The number of fused-ring (bicyclic) bond motifs is 1. The lowest BCUT2D eigenvalue weighted by molar-refractivity contribution is -0.131. The second-order valence-corrected chi connectivity index (χ2v) is 7.02. The van der Waals surface area contributed by atoms with Crippen LogP contribution in [0.3, 0.4) is 0 Å². The Kier molecular flexibility index (Phi) is 5.16. The molecule has 2 fully saturated rings. The highest BCUT2D eigenvalue weighted by Gasteiger charge is 2.40. The number of nitrogens with zero attached hydrogens (tertiary/aromatic N) is 1. The van der Waals surface area contributed by atoms with Crippen molar-refractivity contribution in [3.05, 3.63) is 23.8 Å². The van der Waals surface area contributed by atoms with E-state index >= 15 is 0 Å². The number of hydrogen-bond acceptors (Lipinski definition) is 4. The Balaban J connectivity index is 1.62. The van der Waals surface area contributed by atoms with Crippen LogP contribution in [-0.2, 0) is 16.0 Å². The minimum Gasteiger partial charge on any atom is -0.493 e. The van der Waals surface area contributed by atoms with Crippen LogP contribution in [0.4, 0.5) is 0 Å². The molecule has 1 saturated carbocycles. The van der Waals surface area contributed by atoms with Gasteiger partial charge in [-0.2, -0.15) is 0 Å². The van der Waals surface area contributed by atoms with Crippen molar-refractivity contribution in [1.82, 2.24) is 10.2 Å². The van der Waals surface area contributed by atoms with Crippen LogP contribution in [-0.4, -0.2) is 50.6 Å². The van der Waals surface area contributed by atoms with Crippen molar-refractivity contribution in [1.29, 1.82) is 0 Å². The number of rotatable bonds is 5. The zero-order chi connectivity index (χ0) is 18.0. The predicted molar refractivity (Wildman–Crippen MR) is 93.6 cm³/mol. The first kappa shape index (κ1) is 17.6. The summed E-state index contributed by atoms with van der Waals surface area (Å²) in [5.41, 5.74) is 0.904. The van der Waals surface area contributed by atoms with Gasteiger partial charge in [0.2, 0.25) is 11.8 Å². The van der Waals surface area contributed by atoms with Crippen LogP contribution < -0.4 is 14.8 Å². The molecule has 1 heterocycles. The fraction of sp³-hybridized carbons (Fsp3) is 0.579. The van der Waals surface area contributed by atoms with Crippen molar-refractivity contribution in [2.75, 3.05) is 27.8 Å². The first-order chi connectivity index (χ1) is 12.0. The lowest BCUT2D eigenvalue weighted by atomic mass is 9.89. The van der Waals surface area contributed by atoms with E-state index in [0.717, 1.165) is 24.9 Å². The average Bonchev–Trinajstić information content (AvgIpc) is 3.03. The van der Waals surface area contributed by atoms with E-state index in [1.807, 2.05) is 30.1 Å². The average molecular weight is 346 g/mol. The Morgan fingerprint density at radius 2 is 1.92 bits per heavy atom. The van der Waals surface area contributed by atoms with Gasteiger partial charge in [0.1, 0.15) is 0 Å². The molecule has 0 radical (unpaired) electrons. The summed E-state index contributed by atoms with van der Waals surface area (Å²) < 4.78 is 10.5. The van der Waals surface area contributed by atoms with Gasteiger partial charge in [-0.1, -0.05) is 6.07 Å². The van der Waals surface area contributed by atoms with Crippen molar-refractivity contribution in [3.8, 4) is 11.5 Å². The van der Waals surface area contributed by atoms with Gasteiger partial charge in [-0.25, -0.2) is 0 Å². The summed E-state index contributed by atoms with van der Waals surface area (Å²) in [4.78, 5) is 26.1. The molecule has 3 rings (SSSR count). The van der Waals surface area contributed by atoms with Gasteiger partial charge in [0, 0.05) is 26.1 Å². The van der Waals surface area contributed by atoms with E-state index in [1.54, 1.807) is 14.2 Å². The minimum absolute atomic E-state index is 0.0927. The molecule has 1 aliphatic heterocycles. The van der Waals surface area contributed by atoms with Gasteiger partial charge in [-0.3, -0.25) is 9.59 Å². The third-order valence-corrected chi connectivity index (χ3v) is 5.57. The zero-order valence-electron chi connectivity index (χ0n) is 15.1. The molecule has 25 heavy (non-hydrogen) atoms. The Labute approximate surface area is 148 Å². The van der Waals surface area contributed by atoms with Crippen molar-refractivity contribution < 1.29 is 19.1 Å². The van der Waals surface area contributed by atoms with Crippen LogP contribution in [0.5, 0.6) is 11.5 Å². The number of piperidine rings is 1. The van der Waals surface area contributed by atoms with E-state index in [4.69, 9.17) is 9.47 Å². The smallest absolute Gasteiger partial charge is 0.226 e. The summed E-state index contributed by atoms with van der Waals surface area (Å²) in [5, 5.41) is 2.94. The second kappa shape index (κ2) is 7.33. The summed E-state index contributed by atoms with van der Waals surface area (Å²) in [7, 11) is 5.06. The maximum atomic E-state index is 12.7. The van der Waals surface area contributed by atoms with Crippen LogP contribution in [0.2, 0.25) is 0 Å². The fourth-order valence-electron chi connectivity index (χ4n) is 4.05. The third kappa shape index (κ3) is 3.72. The van der Waals surface area contributed by atoms with Gasteiger partial charge in [0.15, 0.2) is 11.5 Å². The largest absolute Gasteiger partial charge is 0.493 e. The maximum Gasteiger partial charge on any atom is 0.226 e. The number of nitrogens with one attached hydrogen (secondary N) is 1. The number of carbonyl (C=O) groups excluding carboxylic acids is 2. The lowest BCUT2D eigenvalue weighted by Crippen LogP contribution is -2.38. The van der Waals surface area contributed by atoms with Crippen LogP contribution in [0.15, 0.2) is 18.2 Å². The monoisotopic (exact) mass is 346 g/mol. The van der Waals surface area contributed by atoms with Crippen LogP contribution >= 0.6 is 0 Å². The van der Waals surface area contributed by atoms with Crippen molar-refractivity contribution in [3.63, 3.8) is 0 Å². The highest BCUT2D eigenvalue weighted by atomic mass is 16.5. The van der Waals surface area contributed by atoms with Crippen LogP contribution in [0.25, 0.3) is 0 Å². The van der Waals surface area contributed by atoms with Crippen molar-refractivity contribution in [2.45, 2.75) is 31.7 Å². The molecule has 3 atom stereocenters. The van der Waals surface area contributed by atoms with E-state index < -0.39 is 0 Å². The number of ether oxygens (including phenoxy) is 2. The van der Waals surface area contributed by atoms with Gasteiger partial charge in [-0.05, 0) is 42.4 Å². The molecule has 6 nitrogen and oxygen atoms in total. The zero-order valence-corrected chi connectivity index (χ0v) is 15.1. The predicted octanol–water partition coefficient (Wildman–Crippen LogP) is 1.62. The molecular weight excluding hydrogens is 320 g/mol. The number of likely N-dealkylation sites (N-methyl/N-ethyl adjacent to an activating group) is 1. The number of carbonyl (C=O) groups is 2. The van der Waals surface area contributed by atoms with Gasteiger partial charge in [-0.15, -0.1) is 0 Å². The molecule has 1 N–H and O–H groups in total. The second-order valence-electron chi connectivity index (χ2n) is 7.02. The molecule has 6 heteroatoms. The Bertz CT molecular complexity index is 661. The first-order valence-corrected chi connectivity index (χ1v) is 8.75. The molecule has 0 bridgehead atoms. The van der Waals surface area contributed by atoms with E-state index in [2.05, 4.69) is 5.32 Å². The number of benzene rings is 1. The molecule has 2 amide bonds. The summed E-state index contributed by atoms with van der Waals surface area (Å²) in [5.74, 6) is 2.43. The summed E-state index contributed by atoms with van der Waals surface area (Å²) in [6.07, 6.45) is 2.82. The van der Waals surface area contributed by atoms with E-state index in [-0.39, 0.29) is 17.9 Å².